The zero-order valence-electron chi connectivity index (χ0n) is 16.7. The smallest absolute Gasteiger partial charge is 0.118 e. The number of ether oxygens (including phenoxy) is 2. The first-order chi connectivity index (χ1) is 13.8. The molecule has 3 aromatic rings. The maximum atomic E-state index is 5.31. The summed E-state index contributed by atoms with van der Waals surface area (Å²) in [5.41, 5.74) is 4.00. The molecular weight excluding hydrogens is 346 g/mol. The summed E-state index contributed by atoms with van der Waals surface area (Å²) in [7, 11) is 3.40. The molecule has 1 atom stereocenters. The lowest BCUT2D eigenvalue weighted by Gasteiger charge is -2.19. The van der Waals surface area contributed by atoms with Crippen LogP contribution in [0.1, 0.15) is 29.0 Å². The van der Waals surface area contributed by atoms with Crippen molar-refractivity contribution in [2.75, 3.05) is 20.8 Å². The fourth-order valence-corrected chi connectivity index (χ4v) is 3.41. The Morgan fingerprint density at radius 2 is 1.32 bits per heavy atom. The Morgan fingerprint density at radius 3 is 1.93 bits per heavy atom. The van der Waals surface area contributed by atoms with Crippen LogP contribution in [-0.2, 0) is 13.0 Å². The number of hydrogen-bond donors (Lipinski definition) is 1. The Morgan fingerprint density at radius 1 is 0.714 bits per heavy atom. The summed E-state index contributed by atoms with van der Waals surface area (Å²) >= 11 is 0. The van der Waals surface area contributed by atoms with E-state index in [1.54, 1.807) is 14.2 Å². The van der Waals surface area contributed by atoms with Crippen molar-refractivity contribution in [2.45, 2.75) is 25.3 Å². The molecule has 0 saturated carbocycles. The topological polar surface area (TPSA) is 30.5 Å². The van der Waals surface area contributed by atoms with Gasteiger partial charge in [0.25, 0.3) is 0 Å². The maximum Gasteiger partial charge on any atom is 0.118 e. The van der Waals surface area contributed by atoms with Crippen LogP contribution in [0.5, 0.6) is 11.5 Å². The highest BCUT2D eigenvalue weighted by molar-refractivity contribution is 5.31. The van der Waals surface area contributed by atoms with Crippen LogP contribution in [0.2, 0.25) is 0 Å². The molecule has 0 unspecified atom stereocenters. The summed E-state index contributed by atoms with van der Waals surface area (Å²) in [5, 5.41) is 3.58. The van der Waals surface area contributed by atoms with Gasteiger partial charge in [-0.25, -0.2) is 0 Å². The molecule has 0 aliphatic heterocycles. The molecule has 3 rings (SSSR count). The summed E-state index contributed by atoms with van der Waals surface area (Å²) in [6.45, 7) is 1.83. The van der Waals surface area contributed by atoms with Crippen molar-refractivity contribution in [3.8, 4) is 11.5 Å². The molecule has 3 aromatic carbocycles. The number of hydrogen-bond acceptors (Lipinski definition) is 3. The second-order valence-electron chi connectivity index (χ2n) is 6.97. The van der Waals surface area contributed by atoms with Crippen LogP contribution in [0.3, 0.4) is 0 Å². The lowest BCUT2D eigenvalue weighted by Crippen LogP contribution is -2.18. The Hall–Kier alpha value is -2.78. The van der Waals surface area contributed by atoms with Crippen molar-refractivity contribution < 1.29 is 9.47 Å². The van der Waals surface area contributed by atoms with Crippen molar-refractivity contribution in [3.05, 3.63) is 95.6 Å². The highest BCUT2D eigenvalue weighted by Crippen LogP contribution is 2.26. The highest BCUT2D eigenvalue weighted by atomic mass is 16.5. The molecule has 0 aromatic heterocycles. The molecule has 3 heteroatoms. The SMILES string of the molecule is COc1ccc(CNCC[C@H](Cc2ccccc2)c2ccc(OC)cc2)cc1. The zero-order chi connectivity index (χ0) is 19.6. The van der Waals surface area contributed by atoms with Crippen LogP contribution in [0.25, 0.3) is 0 Å². The summed E-state index contributed by atoms with van der Waals surface area (Å²) < 4.78 is 10.5. The van der Waals surface area contributed by atoms with E-state index in [-0.39, 0.29) is 0 Å². The van der Waals surface area contributed by atoms with Crippen LogP contribution >= 0.6 is 0 Å². The molecule has 0 amide bonds. The van der Waals surface area contributed by atoms with E-state index in [1.807, 2.05) is 12.1 Å². The predicted octanol–water partition coefficient (Wildman–Crippen LogP) is 5.21. The standard InChI is InChI=1S/C25H29NO2/c1-27-24-12-8-21(9-13-24)19-26-17-16-23(18-20-6-4-3-5-7-20)22-10-14-25(28-2)15-11-22/h3-15,23,26H,16-19H2,1-2H3/t23-/m1/s1. The van der Waals surface area contributed by atoms with Crippen molar-refractivity contribution in [1.82, 2.24) is 5.32 Å². The molecule has 28 heavy (non-hydrogen) atoms. The van der Waals surface area contributed by atoms with Gasteiger partial charge in [-0.3, -0.25) is 0 Å². The van der Waals surface area contributed by atoms with Gasteiger partial charge < -0.3 is 14.8 Å². The van der Waals surface area contributed by atoms with Gasteiger partial charge in [0.2, 0.25) is 0 Å². The maximum absolute atomic E-state index is 5.31. The number of methoxy groups -OCH3 is 2. The van der Waals surface area contributed by atoms with Crippen LogP contribution in [0, 0.1) is 0 Å². The van der Waals surface area contributed by atoms with E-state index in [0.717, 1.165) is 37.4 Å². The Balaban J connectivity index is 1.59. The van der Waals surface area contributed by atoms with Gasteiger partial charge in [0, 0.05) is 6.54 Å². The number of nitrogens with one attached hydrogen (secondary N) is 1. The van der Waals surface area contributed by atoms with E-state index in [2.05, 4.69) is 72.0 Å². The average Bonchev–Trinajstić information content (AvgIpc) is 2.77. The van der Waals surface area contributed by atoms with E-state index < -0.39 is 0 Å². The van der Waals surface area contributed by atoms with Gasteiger partial charge in [0.15, 0.2) is 0 Å². The largest absolute Gasteiger partial charge is 0.497 e. The average molecular weight is 376 g/mol. The van der Waals surface area contributed by atoms with E-state index in [0.29, 0.717) is 5.92 Å². The third-order valence-electron chi connectivity index (χ3n) is 5.07. The van der Waals surface area contributed by atoms with E-state index in [1.165, 1.54) is 16.7 Å². The molecular formula is C25H29NO2. The highest BCUT2D eigenvalue weighted by Gasteiger charge is 2.12. The Bertz CT molecular complexity index is 813. The second kappa shape index (κ2) is 10.5. The van der Waals surface area contributed by atoms with E-state index in [9.17, 15) is 0 Å². The van der Waals surface area contributed by atoms with Gasteiger partial charge >= 0.3 is 0 Å². The quantitative estimate of drug-likeness (QED) is 0.494. The fraction of sp³-hybridized carbons (Fsp3) is 0.280. The molecule has 0 bridgehead atoms. The number of rotatable bonds is 10. The van der Waals surface area contributed by atoms with Crippen LogP contribution < -0.4 is 14.8 Å². The van der Waals surface area contributed by atoms with Crippen LogP contribution in [0.15, 0.2) is 78.9 Å². The van der Waals surface area contributed by atoms with Gasteiger partial charge in [0.1, 0.15) is 11.5 Å². The predicted molar refractivity (Wildman–Crippen MR) is 115 cm³/mol. The lowest BCUT2D eigenvalue weighted by atomic mass is 9.89. The Kier molecular flexibility index (Phi) is 7.51. The van der Waals surface area contributed by atoms with Gasteiger partial charge in [0.05, 0.1) is 14.2 Å². The summed E-state index contributed by atoms with van der Waals surface area (Å²) in [5.74, 6) is 2.27. The van der Waals surface area contributed by atoms with Gasteiger partial charge in [-0.05, 0) is 66.3 Å². The Labute approximate surface area is 168 Å². The van der Waals surface area contributed by atoms with Gasteiger partial charge in [-0.15, -0.1) is 0 Å². The molecule has 0 saturated heterocycles. The monoisotopic (exact) mass is 375 g/mol. The van der Waals surface area contributed by atoms with Crippen LogP contribution in [0.4, 0.5) is 0 Å². The molecule has 1 N–H and O–H groups in total. The minimum atomic E-state index is 0.469. The normalized spacial score (nSPS) is 11.8. The summed E-state index contributed by atoms with van der Waals surface area (Å²) in [4.78, 5) is 0. The molecule has 0 aliphatic rings. The first-order valence-corrected chi connectivity index (χ1v) is 9.80. The van der Waals surface area contributed by atoms with Crippen molar-refractivity contribution in [1.29, 1.82) is 0 Å². The van der Waals surface area contributed by atoms with Gasteiger partial charge in [-0.2, -0.15) is 0 Å². The molecule has 0 spiro atoms. The van der Waals surface area contributed by atoms with Crippen molar-refractivity contribution in [2.24, 2.45) is 0 Å². The minimum absolute atomic E-state index is 0.469. The third-order valence-corrected chi connectivity index (χ3v) is 5.07. The third kappa shape index (κ3) is 5.86. The first kappa shape index (κ1) is 20.0. The summed E-state index contributed by atoms with van der Waals surface area (Å²) in [6, 6.07) is 27.4. The van der Waals surface area contributed by atoms with Crippen molar-refractivity contribution >= 4 is 0 Å². The summed E-state index contributed by atoms with van der Waals surface area (Å²) in [6.07, 6.45) is 2.12. The van der Waals surface area contributed by atoms with Gasteiger partial charge in [-0.1, -0.05) is 54.6 Å². The molecule has 0 fully saturated rings. The molecule has 0 radical (unpaired) electrons. The number of benzene rings is 3. The van der Waals surface area contributed by atoms with E-state index >= 15 is 0 Å². The lowest BCUT2D eigenvalue weighted by molar-refractivity contribution is 0.414. The zero-order valence-corrected chi connectivity index (χ0v) is 16.7. The van der Waals surface area contributed by atoms with Crippen LogP contribution in [-0.4, -0.2) is 20.8 Å². The first-order valence-electron chi connectivity index (χ1n) is 9.80. The van der Waals surface area contributed by atoms with Crippen molar-refractivity contribution in [3.63, 3.8) is 0 Å². The molecule has 3 nitrogen and oxygen atoms in total. The van der Waals surface area contributed by atoms with E-state index in [4.69, 9.17) is 9.47 Å². The second-order valence-corrected chi connectivity index (χ2v) is 6.97. The fourth-order valence-electron chi connectivity index (χ4n) is 3.41. The molecule has 0 heterocycles. The molecule has 0 aliphatic carbocycles. The minimum Gasteiger partial charge on any atom is -0.497 e. The molecule has 146 valence electrons.